The fraction of sp³-hybridized carbons (Fsp3) is 0.440. The van der Waals surface area contributed by atoms with Gasteiger partial charge in [0.25, 0.3) is 0 Å². The Hall–Kier alpha value is -1.98. The molecule has 168 valence electrons. The Kier molecular flexibility index (Phi) is 11.0. The van der Waals surface area contributed by atoms with Gasteiger partial charge in [-0.05, 0) is 37.0 Å². The van der Waals surface area contributed by atoms with Crippen LogP contribution in [0.5, 0.6) is 0 Å². The number of hydrogen-bond donors (Lipinski definition) is 1. The van der Waals surface area contributed by atoms with Gasteiger partial charge in [0, 0.05) is 23.9 Å². The summed E-state index contributed by atoms with van der Waals surface area (Å²) >= 11 is 7.92. The lowest BCUT2D eigenvalue weighted by atomic mass is 10.1. The molecule has 0 spiro atoms. The van der Waals surface area contributed by atoms with Crippen LogP contribution in [0, 0.1) is 6.92 Å². The highest BCUT2D eigenvalue weighted by molar-refractivity contribution is 7.99. The molecule has 0 unspecified atom stereocenters. The number of halogens is 1. The molecule has 0 fully saturated rings. The van der Waals surface area contributed by atoms with Crippen LogP contribution in [0.2, 0.25) is 5.02 Å². The largest absolute Gasteiger partial charge is 0.354 e. The van der Waals surface area contributed by atoms with E-state index in [1.54, 1.807) is 16.7 Å². The Morgan fingerprint density at radius 3 is 2.45 bits per heavy atom. The Morgan fingerprint density at radius 1 is 1.10 bits per heavy atom. The number of nitrogens with zero attached hydrogens (tertiary/aromatic N) is 1. The first kappa shape index (κ1) is 25.3. The van der Waals surface area contributed by atoms with Crippen LogP contribution in [-0.4, -0.2) is 35.1 Å². The van der Waals surface area contributed by atoms with Gasteiger partial charge < -0.3 is 10.2 Å². The van der Waals surface area contributed by atoms with Crippen molar-refractivity contribution >= 4 is 35.2 Å². The van der Waals surface area contributed by atoms with Gasteiger partial charge in [0.05, 0.1) is 5.75 Å². The number of benzene rings is 2. The van der Waals surface area contributed by atoms with Crippen LogP contribution >= 0.6 is 23.4 Å². The Balaban J connectivity index is 2.10. The number of nitrogens with one attached hydrogen (secondary N) is 1. The van der Waals surface area contributed by atoms with Gasteiger partial charge >= 0.3 is 0 Å². The maximum absolute atomic E-state index is 13.2. The summed E-state index contributed by atoms with van der Waals surface area (Å²) < 4.78 is 0. The first-order valence-electron chi connectivity index (χ1n) is 10.9. The highest BCUT2D eigenvalue weighted by atomic mass is 35.5. The predicted octanol–water partition coefficient (Wildman–Crippen LogP) is 5.61. The summed E-state index contributed by atoms with van der Waals surface area (Å²) in [7, 11) is 0. The summed E-state index contributed by atoms with van der Waals surface area (Å²) in [6, 6.07) is 15.3. The van der Waals surface area contributed by atoms with Gasteiger partial charge in [-0.15, -0.1) is 11.8 Å². The summed E-state index contributed by atoms with van der Waals surface area (Å²) in [5.74, 6) is 0.928. The van der Waals surface area contributed by atoms with E-state index in [0.717, 1.165) is 24.2 Å². The van der Waals surface area contributed by atoms with Crippen LogP contribution in [-0.2, 0) is 21.9 Å². The van der Waals surface area contributed by atoms with Crippen molar-refractivity contribution in [3.05, 3.63) is 70.2 Å². The van der Waals surface area contributed by atoms with Crippen molar-refractivity contribution in [2.75, 3.05) is 12.3 Å². The molecule has 0 heterocycles. The summed E-state index contributed by atoms with van der Waals surface area (Å²) in [5.41, 5.74) is 3.25. The van der Waals surface area contributed by atoms with Crippen LogP contribution in [0.25, 0.3) is 0 Å². The molecule has 2 aromatic rings. The number of hydrogen-bond acceptors (Lipinski definition) is 3. The predicted molar refractivity (Wildman–Crippen MR) is 131 cm³/mol. The van der Waals surface area contributed by atoms with Gasteiger partial charge in [0.1, 0.15) is 6.04 Å². The van der Waals surface area contributed by atoms with Crippen LogP contribution in [0.15, 0.2) is 48.5 Å². The molecule has 0 bridgehead atoms. The summed E-state index contributed by atoms with van der Waals surface area (Å²) in [6.45, 7) is 7.03. The smallest absolute Gasteiger partial charge is 0.242 e. The molecule has 2 amide bonds. The van der Waals surface area contributed by atoms with Crippen LogP contribution in [0.1, 0.15) is 49.8 Å². The zero-order chi connectivity index (χ0) is 22.6. The third kappa shape index (κ3) is 8.23. The van der Waals surface area contributed by atoms with Crippen LogP contribution in [0.3, 0.4) is 0 Å². The van der Waals surface area contributed by atoms with Gasteiger partial charge in [-0.1, -0.05) is 79.9 Å². The second kappa shape index (κ2) is 13.4. The highest BCUT2D eigenvalue weighted by Crippen LogP contribution is 2.21. The van der Waals surface area contributed by atoms with E-state index in [2.05, 4.69) is 43.4 Å². The molecule has 0 saturated carbocycles. The molecule has 0 aliphatic carbocycles. The molecular formula is C25H33ClN2O2S. The van der Waals surface area contributed by atoms with Gasteiger partial charge in [-0.25, -0.2) is 0 Å². The quantitative estimate of drug-likeness (QED) is 0.419. The zero-order valence-corrected chi connectivity index (χ0v) is 20.3. The lowest BCUT2D eigenvalue weighted by Crippen LogP contribution is -2.49. The average Bonchev–Trinajstić information content (AvgIpc) is 2.76. The first-order chi connectivity index (χ1) is 15.0. The minimum atomic E-state index is -0.513. The van der Waals surface area contributed by atoms with Crippen molar-refractivity contribution in [3.8, 4) is 0 Å². The molecule has 1 N–H and O–H groups in total. The topological polar surface area (TPSA) is 49.4 Å². The fourth-order valence-electron chi connectivity index (χ4n) is 3.26. The number of rotatable bonds is 12. The van der Waals surface area contributed by atoms with E-state index in [9.17, 15) is 9.59 Å². The first-order valence-corrected chi connectivity index (χ1v) is 12.4. The molecule has 4 nitrogen and oxygen atoms in total. The monoisotopic (exact) mass is 460 g/mol. The Labute approximate surface area is 195 Å². The maximum Gasteiger partial charge on any atom is 0.242 e. The average molecular weight is 461 g/mol. The number of carbonyl (C=O) groups is 2. The minimum absolute atomic E-state index is 0.0467. The molecule has 2 rings (SSSR count). The van der Waals surface area contributed by atoms with E-state index in [-0.39, 0.29) is 11.8 Å². The molecule has 0 aromatic heterocycles. The molecule has 2 aromatic carbocycles. The van der Waals surface area contributed by atoms with Gasteiger partial charge in [-0.3, -0.25) is 9.59 Å². The number of thioether (sulfide) groups is 1. The van der Waals surface area contributed by atoms with Gasteiger partial charge in [-0.2, -0.15) is 0 Å². The molecular weight excluding hydrogens is 428 g/mol. The van der Waals surface area contributed by atoms with Crippen molar-refractivity contribution < 1.29 is 9.59 Å². The van der Waals surface area contributed by atoms with E-state index in [1.807, 2.05) is 31.2 Å². The van der Waals surface area contributed by atoms with E-state index in [0.29, 0.717) is 30.3 Å². The molecule has 0 saturated heterocycles. The van der Waals surface area contributed by atoms with Crippen molar-refractivity contribution in [2.45, 2.75) is 58.4 Å². The highest BCUT2D eigenvalue weighted by Gasteiger charge is 2.28. The molecule has 6 heteroatoms. The third-order valence-corrected chi connectivity index (χ3v) is 6.49. The van der Waals surface area contributed by atoms with Gasteiger partial charge in [0.2, 0.25) is 11.8 Å². The van der Waals surface area contributed by atoms with E-state index < -0.39 is 6.04 Å². The summed E-state index contributed by atoms with van der Waals surface area (Å²) in [5, 5.41) is 3.59. The summed E-state index contributed by atoms with van der Waals surface area (Å²) in [4.78, 5) is 27.8. The number of carbonyl (C=O) groups excluding carboxylic acids is 2. The van der Waals surface area contributed by atoms with Crippen LogP contribution in [0.4, 0.5) is 0 Å². The maximum atomic E-state index is 13.2. The molecule has 1 atom stereocenters. The fourth-order valence-corrected chi connectivity index (χ4v) is 4.33. The van der Waals surface area contributed by atoms with Crippen molar-refractivity contribution in [1.82, 2.24) is 10.2 Å². The van der Waals surface area contributed by atoms with Crippen molar-refractivity contribution in [3.63, 3.8) is 0 Å². The normalized spacial score (nSPS) is 11.7. The SMILES string of the molecule is CCCCNC(=O)[C@H](CC)N(Cc1ccccc1Cl)C(=O)CSCc1ccc(C)cc1. The lowest BCUT2D eigenvalue weighted by Gasteiger charge is -2.31. The Bertz CT molecular complexity index is 842. The number of aryl methyl sites for hydroxylation is 1. The van der Waals surface area contributed by atoms with Crippen molar-refractivity contribution in [1.29, 1.82) is 0 Å². The minimum Gasteiger partial charge on any atom is -0.354 e. The van der Waals surface area contributed by atoms with Crippen LogP contribution < -0.4 is 5.32 Å². The number of amides is 2. The lowest BCUT2D eigenvalue weighted by molar-refractivity contribution is -0.139. The zero-order valence-electron chi connectivity index (χ0n) is 18.7. The van der Waals surface area contributed by atoms with Gasteiger partial charge in [0.15, 0.2) is 0 Å². The standard InChI is InChI=1S/C25H33ClN2O2S/c1-4-6-15-27-25(30)23(5-2)28(16-21-9-7-8-10-22(21)26)24(29)18-31-17-20-13-11-19(3)12-14-20/h7-14,23H,4-6,15-18H2,1-3H3,(H,27,30)/t23-/m0/s1. The second-order valence-corrected chi connectivity index (χ2v) is 9.05. The van der Waals surface area contributed by atoms with E-state index in [1.165, 1.54) is 11.1 Å². The Morgan fingerprint density at radius 2 is 1.81 bits per heavy atom. The van der Waals surface area contributed by atoms with E-state index >= 15 is 0 Å². The second-order valence-electron chi connectivity index (χ2n) is 7.66. The molecule has 0 aliphatic rings. The van der Waals surface area contributed by atoms with Crippen molar-refractivity contribution in [2.24, 2.45) is 0 Å². The molecule has 0 radical (unpaired) electrons. The molecule has 31 heavy (non-hydrogen) atoms. The third-order valence-electron chi connectivity index (χ3n) is 5.13. The summed E-state index contributed by atoms with van der Waals surface area (Å²) in [6.07, 6.45) is 2.48. The van der Waals surface area contributed by atoms with E-state index in [4.69, 9.17) is 11.6 Å². The molecule has 0 aliphatic heterocycles. The number of unbranched alkanes of at least 4 members (excludes halogenated alkanes) is 1.